The van der Waals surface area contributed by atoms with E-state index in [-0.39, 0.29) is 23.0 Å². The van der Waals surface area contributed by atoms with Crippen LogP contribution in [0.2, 0.25) is 0 Å². The van der Waals surface area contributed by atoms with Gasteiger partial charge in [0.2, 0.25) is 10.0 Å². The lowest BCUT2D eigenvalue weighted by Gasteiger charge is -2.47. The van der Waals surface area contributed by atoms with Crippen LogP contribution in [0, 0.1) is 17.8 Å². The molecule has 0 spiro atoms. The van der Waals surface area contributed by atoms with Gasteiger partial charge in [-0.05, 0) is 31.9 Å². The second kappa shape index (κ2) is 4.34. The molecule has 1 aromatic carbocycles. The Morgan fingerprint density at radius 2 is 1.82 bits per heavy atom. The first-order valence-corrected chi connectivity index (χ1v) is 9.44. The van der Waals surface area contributed by atoms with Crippen LogP contribution in [0.15, 0.2) is 29.2 Å². The van der Waals surface area contributed by atoms with Gasteiger partial charge in [0.25, 0.3) is 0 Å². The Balaban J connectivity index is 1.70. The molecule has 2 aliphatic heterocycles. The van der Waals surface area contributed by atoms with E-state index in [4.69, 9.17) is 4.74 Å². The van der Waals surface area contributed by atoms with Crippen molar-refractivity contribution in [3.8, 4) is 0 Å². The first kappa shape index (κ1) is 14.7. The zero-order valence-corrected chi connectivity index (χ0v) is 14.2. The molecule has 2 saturated heterocycles. The SMILES string of the molecule is Cc1ccc(S(=O)(=O)N2C[C@@H]3O[C@H]4CC[C@]3(C)[C@@]4(C)C2)cc1. The molecular weight excluding hydrogens is 298 g/mol. The lowest BCUT2D eigenvalue weighted by molar-refractivity contribution is -0.0341. The first-order valence-electron chi connectivity index (χ1n) is 8.00. The lowest BCUT2D eigenvalue weighted by atomic mass is 9.64. The Morgan fingerprint density at radius 1 is 1.14 bits per heavy atom. The van der Waals surface area contributed by atoms with Gasteiger partial charge in [0.05, 0.1) is 17.1 Å². The van der Waals surface area contributed by atoms with Crippen molar-refractivity contribution >= 4 is 10.0 Å². The topological polar surface area (TPSA) is 46.6 Å². The molecular formula is C17H23NO3S. The fraction of sp³-hybridized carbons (Fsp3) is 0.647. The Labute approximate surface area is 132 Å². The molecule has 22 heavy (non-hydrogen) atoms. The van der Waals surface area contributed by atoms with Gasteiger partial charge in [-0.1, -0.05) is 31.5 Å². The molecule has 5 heteroatoms. The molecule has 0 amide bonds. The van der Waals surface area contributed by atoms with Gasteiger partial charge in [0.15, 0.2) is 0 Å². The second-order valence-electron chi connectivity index (χ2n) is 7.60. The Morgan fingerprint density at radius 3 is 2.45 bits per heavy atom. The highest BCUT2D eigenvalue weighted by molar-refractivity contribution is 7.89. The Kier molecular flexibility index (Phi) is 2.89. The van der Waals surface area contributed by atoms with Crippen LogP contribution in [0.4, 0.5) is 0 Å². The average molecular weight is 321 g/mol. The highest BCUT2D eigenvalue weighted by Gasteiger charge is 2.68. The van der Waals surface area contributed by atoms with Crippen LogP contribution in [0.25, 0.3) is 0 Å². The Bertz CT molecular complexity index is 714. The fourth-order valence-corrected chi connectivity index (χ4v) is 6.23. The van der Waals surface area contributed by atoms with Gasteiger partial charge >= 0.3 is 0 Å². The van der Waals surface area contributed by atoms with E-state index in [2.05, 4.69) is 13.8 Å². The molecule has 0 N–H and O–H groups in total. The molecule has 0 unspecified atom stereocenters. The molecule has 2 heterocycles. The van der Waals surface area contributed by atoms with E-state index in [1.165, 1.54) is 0 Å². The van der Waals surface area contributed by atoms with Crippen molar-refractivity contribution in [2.45, 2.75) is 50.7 Å². The summed E-state index contributed by atoms with van der Waals surface area (Å²) in [7, 11) is -3.44. The number of rotatable bonds is 2. The van der Waals surface area contributed by atoms with E-state index in [0.29, 0.717) is 18.0 Å². The van der Waals surface area contributed by atoms with Crippen LogP contribution in [-0.2, 0) is 14.8 Å². The number of piperidine rings is 1. The summed E-state index contributed by atoms with van der Waals surface area (Å²) in [5, 5.41) is 0. The number of nitrogens with zero attached hydrogens (tertiary/aromatic N) is 1. The minimum atomic E-state index is -3.44. The maximum Gasteiger partial charge on any atom is 0.243 e. The summed E-state index contributed by atoms with van der Waals surface area (Å²) in [4.78, 5) is 0.389. The number of hydrogen-bond acceptors (Lipinski definition) is 3. The van der Waals surface area contributed by atoms with E-state index in [1.807, 2.05) is 19.1 Å². The van der Waals surface area contributed by atoms with Crippen LogP contribution in [-0.4, -0.2) is 38.0 Å². The highest BCUT2D eigenvalue weighted by Crippen LogP contribution is 2.64. The first-order chi connectivity index (χ1) is 10.3. The van der Waals surface area contributed by atoms with E-state index >= 15 is 0 Å². The predicted octanol–water partition coefficient (Wildman–Crippen LogP) is 2.57. The van der Waals surface area contributed by atoms with Crippen LogP contribution in [0.1, 0.15) is 32.3 Å². The maximum atomic E-state index is 13.0. The average Bonchev–Trinajstić information content (AvgIpc) is 2.75. The van der Waals surface area contributed by atoms with Gasteiger partial charge in [0, 0.05) is 23.9 Å². The summed E-state index contributed by atoms with van der Waals surface area (Å²) in [6, 6.07) is 7.13. The van der Waals surface area contributed by atoms with Crippen molar-refractivity contribution in [2.24, 2.45) is 10.8 Å². The van der Waals surface area contributed by atoms with Gasteiger partial charge in [-0.25, -0.2) is 8.42 Å². The molecule has 0 aromatic heterocycles. The van der Waals surface area contributed by atoms with Crippen molar-refractivity contribution < 1.29 is 13.2 Å². The quantitative estimate of drug-likeness (QED) is 0.841. The third kappa shape index (κ3) is 1.67. The van der Waals surface area contributed by atoms with Gasteiger partial charge in [0.1, 0.15) is 0 Å². The van der Waals surface area contributed by atoms with Crippen LogP contribution in [0.5, 0.6) is 0 Å². The Hall–Kier alpha value is -0.910. The molecule has 3 aliphatic rings. The maximum absolute atomic E-state index is 13.0. The third-order valence-corrected chi connectivity index (χ3v) is 8.34. The zero-order chi connectivity index (χ0) is 15.8. The summed E-state index contributed by atoms with van der Waals surface area (Å²) in [5.74, 6) is 0. The summed E-state index contributed by atoms with van der Waals surface area (Å²) >= 11 is 0. The van der Waals surface area contributed by atoms with Crippen molar-refractivity contribution in [1.82, 2.24) is 4.31 Å². The predicted molar refractivity (Wildman–Crippen MR) is 84.0 cm³/mol. The number of ether oxygens (including phenoxy) is 1. The number of benzene rings is 1. The van der Waals surface area contributed by atoms with Crippen molar-refractivity contribution in [1.29, 1.82) is 0 Å². The molecule has 1 aliphatic carbocycles. The molecule has 4 nitrogen and oxygen atoms in total. The van der Waals surface area contributed by atoms with Crippen LogP contribution in [0.3, 0.4) is 0 Å². The monoisotopic (exact) mass is 321 g/mol. The van der Waals surface area contributed by atoms with E-state index in [0.717, 1.165) is 18.4 Å². The molecule has 0 radical (unpaired) electrons. The van der Waals surface area contributed by atoms with Crippen molar-refractivity contribution in [3.05, 3.63) is 29.8 Å². The van der Waals surface area contributed by atoms with Crippen molar-refractivity contribution in [3.63, 3.8) is 0 Å². The second-order valence-corrected chi connectivity index (χ2v) is 9.54. The molecule has 1 saturated carbocycles. The van der Waals surface area contributed by atoms with Gasteiger partial charge in [-0.15, -0.1) is 0 Å². The van der Waals surface area contributed by atoms with Crippen LogP contribution >= 0.6 is 0 Å². The molecule has 1 aromatic rings. The number of hydrogen-bond donors (Lipinski definition) is 0. The molecule has 120 valence electrons. The van der Waals surface area contributed by atoms with Gasteiger partial charge in [-0.2, -0.15) is 4.31 Å². The standard InChI is InChI=1S/C17H23NO3S/c1-12-4-6-13(7-5-12)22(19,20)18-10-15-16(2)9-8-14(21-15)17(16,3)11-18/h4-7,14-15H,8-11H2,1-3H3/t14-,15-,16-,17-/m0/s1. The minimum absolute atomic E-state index is 0.0326. The number of aryl methyl sites for hydroxylation is 1. The summed E-state index contributed by atoms with van der Waals surface area (Å²) in [6.45, 7) is 7.51. The summed E-state index contributed by atoms with van der Waals surface area (Å²) in [5.41, 5.74) is 1.13. The molecule has 4 rings (SSSR count). The van der Waals surface area contributed by atoms with Gasteiger partial charge < -0.3 is 4.74 Å². The van der Waals surface area contributed by atoms with Crippen LogP contribution < -0.4 is 0 Å². The number of sulfonamides is 1. The van der Waals surface area contributed by atoms with Crippen molar-refractivity contribution in [2.75, 3.05) is 13.1 Å². The zero-order valence-electron chi connectivity index (χ0n) is 13.4. The summed E-state index contributed by atoms with van der Waals surface area (Å²) < 4.78 is 33.7. The molecule has 3 fully saturated rings. The van der Waals surface area contributed by atoms with E-state index in [9.17, 15) is 8.42 Å². The molecule has 4 atom stereocenters. The van der Waals surface area contributed by atoms with E-state index < -0.39 is 10.0 Å². The van der Waals surface area contributed by atoms with E-state index in [1.54, 1.807) is 16.4 Å². The molecule has 4 bridgehead atoms. The minimum Gasteiger partial charge on any atom is -0.372 e. The normalized spacial score (nSPS) is 41.0. The largest absolute Gasteiger partial charge is 0.372 e. The van der Waals surface area contributed by atoms with Gasteiger partial charge in [-0.3, -0.25) is 0 Å². The highest BCUT2D eigenvalue weighted by atomic mass is 32.2. The fourth-order valence-electron chi connectivity index (χ4n) is 4.68. The summed E-state index contributed by atoms with van der Waals surface area (Å²) in [6.07, 6.45) is 2.45. The lowest BCUT2D eigenvalue weighted by Crippen LogP contribution is -2.56. The third-order valence-electron chi connectivity index (χ3n) is 6.51. The smallest absolute Gasteiger partial charge is 0.243 e.